The molecule has 0 radical (unpaired) electrons. The number of benzene rings is 1. The van der Waals surface area contributed by atoms with Crippen LogP contribution in [0.3, 0.4) is 0 Å². The standard InChI is InChI=1S/C12H18N2O.ClH/c1-9-4-3-5-11(8-9)10(2)12(15)14-7-6-13;/h3-5,8,10H,6-7,13H2,1-2H3,(H,14,15);1H. The number of carbonyl (C=O) groups is 1. The number of hydrogen-bond donors (Lipinski definition) is 2. The molecule has 0 aromatic heterocycles. The van der Waals surface area contributed by atoms with E-state index >= 15 is 0 Å². The fraction of sp³-hybridized carbons (Fsp3) is 0.417. The minimum absolute atomic E-state index is 0. The lowest BCUT2D eigenvalue weighted by molar-refractivity contribution is -0.122. The molecule has 1 unspecified atom stereocenters. The highest BCUT2D eigenvalue weighted by atomic mass is 35.5. The fourth-order valence-electron chi connectivity index (χ4n) is 1.44. The molecule has 0 bridgehead atoms. The van der Waals surface area contributed by atoms with Gasteiger partial charge in [0, 0.05) is 13.1 Å². The van der Waals surface area contributed by atoms with Gasteiger partial charge < -0.3 is 11.1 Å². The van der Waals surface area contributed by atoms with Gasteiger partial charge >= 0.3 is 0 Å². The van der Waals surface area contributed by atoms with E-state index in [1.165, 1.54) is 5.56 Å². The molecule has 0 aliphatic rings. The third-order valence-corrected chi connectivity index (χ3v) is 2.38. The smallest absolute Gasteiger partial charge is 0.227 e. The number of nitrogens with one attached hydrogen (secondary N) is 1. The largest absolute Gasteiger partial charge is 0.354 e. The lowest BCUT2D eigenvalue weighted by Gasteiger charge is -2.12. The first kappa shape index (κ1) is 14.9. The number of halogens is 1. The van der Waals surface area contributed by atoms with Crippen molar-refractivity contribution in [1.29, 1.82) is 0 Å². The topological polar surface area (TPSA) is 55.1 Å². The molecule has 0 aliphatic heterocycles. The lowest BCUT2D eigenvalue weighted by atomic mass is 9.99. The maximum Gasteiger partial charge on any atom is 0.227 e. The maximum atomic E-state index is 11.6. The maximum absolute atomic E-state index is 11.6. The molecule has 1 rings (SSSR count). The van der Waals surface area contributed by atoms with Crippen LogP contribution in [0.1, 0.15) is 24.0 Å². The van der Waals surface area contributed by atoms with E-state index in [1.807, 2.05) is 38.1 Å². The third-order valence-electron chi connectivity index (χ3n) is 2.38. The molecule has 1 amide bonds. The van der Waals surface area contributed by atoms with E-state index in [4.69, 9.17) is 5.73 Å². The zero-order valence-corrected chi connectivity index (χ0v) is 10.5. The Labute approximate surface area is 103 Å². The van der Waals surface area contributed by atoms with E-state index < -0.39 is 0 Å². The molecule has 3 N–H and O–H groups in total. The van der Waals surface area contributed by atoms with Gasteiger partial charge in [0.25, 0.3) is 0 Å². The second kappa shape index (κ2) is 7.25. The van der Waals surface area contributed by atoms with E-state index in [0.717, 1.165) is 5.56 Å². The Bertz CT molecular complexity index is 342. The van der Waals surface area contributed by atoms with Crippen molar-refractivity contribution < 1.29 is 4.79 Å². The summed E-state index contributed by atoms with van der Waals surface area (Å²) >= 11 is 0. The summed E-state index contributed by atoms with van der Waals surface area (Å²) in [4.78, 5) is 11.6. The molecule has 0 fully saturated rings. The van der Waals surface area contributed by atoms with Crippen LogP contribution in [-0.4, -0.2) is 19.0 Å². The summed E-state index contributed by atoms with van der Waals surface area (Å²) in [5.74, 6) is -0.0810. The van der Waals surface area contributed by atoms with Crippen molar-refractivity contribution >= 4 is 18.3 Å². The number of hydrogen-bond acceptors (Lipinski definition) is 2. The molecule has 1 aromatic carbocycles. The zero-order chi connectivity index (χ0) is 11.3. The van der Waals surface area contributed by atoms with Crippen molar-refractivity contribution in [3.8, 4) is 0 Å². The summed E-state index contributed by atoms with van der Waals surface area (Å²) < 4.78 is 0. The lowest BCUT2D eigenvalue weighted by Crippen LogP contribution is -2.32. The Morgan fingerprint density at radius 2 is 2.19 bits per heavy atom. The Balaban J connectivity index is 0.00000225. The van der Waals surface area contributed by atoms with E-state index in [-0.39, 0.29) is 24.2 Å². The van der Waals surface area contributed by atoms with Crippen molar-refractivity contribution in [2.75, 3.05) is 13.1 Å². The van der Waals surface area contributed by atoms with Crippen molar-refractivity contribution in [1.82, 2.24) is 5.32 Å². The summed E-state index contributed by atoms with van der Waals surface area (Å²) in [5, 5.41) is 2.79. The first-order valence-electron chi connectivity index (χ1n) is 5.19. The van der Waals surface area contributed by atoms with Gasteiger partial charge in [-0.2, -0.15) is 0 Å². The summed E-state index contributed by atoms with van der Waals surface area (Å²) in [6.07, 6.45) is 0. The molecule has 0 spiro atoms. The van der Waals surface area contributed by atoms with Gasteiger partial charge in [0.2, 0.25) is 5.91 Å². The van der Waals surface area contributed by atoms with Gasteiger partial charge in [-0.1, -0.05) is 29.8 Å². The van der Waals surface area contributed by atoms with E-state index in [0.29, 0.717) is 13.1 Å². The van der Waals surface area contributed by atoms with Crippen LogP contribution in [0.4, 0.5) is 0 Å². The van der Waals surface area contributed by atoms with Crippen LogP contribution < -0.4 is 11.1 Å². The third kappa shape index (κ3) is 4.21. The Morgan fingerprint density at radius 3 is 2.75 bits per heavy atom. The highest BCUT2D eigenvalue weighted by Gasteiger charge is 2.13. The van der Waals surface area contributed by atoms with Crippen molar-refractivity contribution in [3.05, 3.63) is 35.4 Å². The van der Waals surface area contributed by atoms with Crippen LogP contribution in [0.15, 0.2) is 24.3 Å². The monoisotopic (exact) mass is 242 g/mol. The zero-order valence-electron chi connectivity index (χ0n) is 9.69. The molecule has 0 saturated carbocycles. The fourth-order valence-corrected chi connectivity index (χ4v) is 1.44. The first-order chi connectivity index (χ1) is 7.15. The molecule has 1 atom stereocenters. The van der Waals surface area contributed by atoms with E-state index in [9.17, 15) is 4.79 Å². The average molecular weight is 243 g/mol. The van der Waals surface area contributed by atoms with Crippen molar-refractivity contribution in [2.45, 2.75) is 19.8 Å². The molecule has 0 heterocycles. The summed E-state index contributed by atoms with van der Waals surface area (Å²) in [6, 6.07) is 8.00. The molecule has 0 aliphatic carbocycles. The molecule has 90 valence electrons. The minimum Gasteiger partial charge on any atom is -0.354 e. The summed E-state index contributed by atoms with van der Waals surface area (Å²) in [7, 11) is 0. The highest BCUT2D eigenvalue weighted by Crippen LogP contribution is 2.16. The van der Waals surface area contributed by atoms with Crippen LogP contribution >= 0.6 is 12.4 Å². The number of carbonyl (C=O) groups excluding carboxylic acids is 1. The molecule has 1 aromatic rings. The Hall–Kier alpha value is -1.06. The SMILES string of the molecule is Cc1cccc(C(C)C(=O)NCCN)c1.Cl. The summed E-state index contributed by atoms with van der Waals surface area (Å²) in [6.45, 7) is 4.94. The molecule has 16 heavy (non-hydrogen) atoms. The number of rotatable bonds is 4. The van der Waals surface area contributed by atoms with Crippen LogP contribution in [0.5, 0.6) is 0 Å². The molecule has 0 saturated heterocycles. The second-order valence-electron chi connectivity index (χ2n) is 3.72. The predicted molar refractivity (Wildman–Crippen MR) is 68.9 cm³/mol. The van der Waals surface area contributed by atoms with Crippen LogP contribution in [-0.2, 0) is 4.79 Å². The van der Waals surface area contributed by atoms with Crippen molar-refractivity contribution in [3.63, 3.8) is 0 Å². The second-order valence-corrected chi connectivity index (χ2v) is 3.72. The minimum atomic E-state index is -0.114. The molecule has 3 nitrogen and oxygen atoms in total. The highest BCUT2D eigenvalue weighted by molar-refractivity contribution is 5.85. The first-order valence-corrected chi connectivity index (χ1v) is 5.19. The van der Waals surface area contributed by atoms with E-state index in [2.05, 4.69) is 5.32 Å². The normalized spacial score (nSPS) is 11.4. The Kier molecular flexibility index (Phi) is 6.77. The predicted octanol–water partition coefficient (Wildman–Crippen LogP) is 1.60. The van der Waals surface area contributed by atoms with Gasteiger partial charge in [-0.05, 0) is 19.4 Å². The number of amides is 1. The van der Waals surface area contributed by atoms with Gasteiger partial charge in [0.1, 0.15) is 0 Å². The van der Waals surface area contributed by atoms with E-state index in [1.54, 1.807) is 0 Å². The Morgan fingerprint density at radius 1 is 1.50 bits per heavy atom. The van der Waals surface area contributed by atoms with Gasteiger partial charge in [0.05, 0.1) is 5.92 Å². The molecule has 4 heteroatoms. The van der Waals surface area contributed by atoms with Crippen LogP contribution in [0, 0.1) is 6.92 Å². The number of aryl methyl sites for hydroxylation is 1. The van der Waals surface area contributed by atoms with Gasteiger partial charge in [-0.25, -0.2) is 0 Å². The van der Waals surface area contributed by atoms with Gasteiger partial charge in [-0.15, -0.1) is 12.4 Å². The molecular formula is C12H19ClN2O. The number of nitrogens with two attached hydrogens (primary N) is 1. The summed E-state index contributed by atoms with van der Waals surface area (Å²) in [5.41, 5.74) is 7.54. The average Bonchev–Trinajstić information content (AvgIpc) is 2.24. The van der Waals surface area contributed by atoms with Gasteiger partial charge in [0.15, 0.2) is 0 Å². The molecular weight excluding hydrogens is 224 g/mol. The van der Waals surface area contributed by atoms with Crippen molar-refractivity contribution in [2.24, 2.45) is 5.73 Å². The van der Waals surface area contributed by atoms with Crippen LogP contribution in [0.2, 0.25) is 0 Å². The quantitative estimate of drug-likeness (QED) is 0.843. The van der Waals surface area contributed by atoms with Crippen LogP contribution in [0.25, 0.3) is 0 Å². The van der Waals surface area contributed by atoms with Gasteiger partial charge in [-0.3, -0.25) is 4.79 Å².